The molecule has 3 aliphatic rings. The zero-order chi connectivity index (χ0) is 27.7. The highest BCUT2D eigenvalue weighted by atomic mass is 19.1. The molecular formula is C33H34FN3O3. The van der Waals surface area contributed by atoms with Crippen LogP contribution >= 0.6 is 0 Å². The van der Waals surface area contributed by atoms with Crippen molar-refractivity contribution in [3.63, 3.8) is 0 Å². The van der Waals surface area contributed by atoms with Crippen molar-refractivity contribution < 1.29 is 18.6 Å². The van der Waals surface area contributed by atoms with Gasteiger partial charge in [-0.15, -0.1) is 0 Å². The molecule has 206 valence electrons. The van der Waals surface area contributed by atoms with Crippen molar-refractivity contribution in [3.05, 3.63) is 71.7 Å². The number of hydrogen-bond acceptors (Lipinski definition) is 6. The number of benzene rings is 2. The van der Waals surface area contributed by atoms with Crippen LogP contribution in [0.25, 0.3) is 33.5 Å². The maximum absolute atomic E-state index is 15.4. The minimum absolute atomic E-state index is 0.232. The minimum atomic E-state index is -0.576. The number of para-hydroxylation sites is 1. The lowest BCUT2D eigenvalue weighted by Crippen LogP contribution is -2.61. The summed E-state index contributed by atoms with van der Waals surface area (Å²) in [5, 5.41) is 0.927. The molecule has 2 aromatic heterocycles. The SMILES string of the molecule is COc1cc(-c2nc(-c3ccccc3F)c3c(n2)[C@]2(C)CCC4(OCCO4)C(C)(C)[C@H]2CC3)c2ccccc2n1. The molecule has 7 heteroatoms. The zero-order valence-corrected chi connectivity index (χ0v) is 23.5. The lowest BCUT2D eigenvalue weighted by Gasteiger charge is -2.59. The van der Waals surface area contributed by atoms with E-state index < -0.39 is 5.79 Å². The number of pyridine rings is 1. The second kappa shape index (κ2) is 9.05. The molecule has 1 saturated carbocycles. The van der Waals surface area contributed by atoms with Gasteiger partial charge in [-0.05, 0) is 43.4 Å². The van der Waals surface area contributed by atoms with Crippen molar-refractivity contribution in [2.24, 2.45) is 11.3 Å². The van der Waals surface area contributed by atoms with E-state index in [1.165, 1.54) is 6.07 Å². The molecule has 0 N–H and O–H groups in total. The van der Waals surface area contributed by atoms with Crippen molar-refractivity contribution in [3.8, 4) is 28.5 Å². The maximum Gasteiger partial charge on any atom is 0.214 e. The topological polar surface area (TPSA) is 66.4 Å². The molecule has 2 aliphatic carbocycles. The lowest BCUT2D eigenvalue weighted by atomic mass is 9.49. The summed E-state index contributed by atoms with van der Waals surface area (Å²) < 4.78 is 33.6. The number of aromatic nitrogens is 3. The minimum Gasteiger partial charge on any atom is -0.481 e. The van der Waals surface area contributed by atoms with Crippen molar-refractivity contribution in [1.82, 2.24) is 15.0 Å². The van der Waals surface area contributed by atoms with Crippen molar-refractivity contribution in [2.45, 2.75) is 57.7 Å². The first-order valence-corrected chi connectivity index (χ1v) is 14.2. The molecule has 7 rings (SSSR count). The number of methoxy groups -OCH3 is 1. The summed E-state index contributed by atoms with van der Waals surface area (Å²) in [6, 6.07) is 16.7. The van der Waals surface area contributed by atoms with Gasteiger partial charge in [-0.25, -0.2) is 19.3 Å². The molecule has 40 heavy (non-hydrogen) atoms. The van der Waals surface area contributed by atoms with E-state index in [9.17, 15) is 0 Å². The molecule has 6 nitrogen and oxygen atoms in total. The largest absolute Gasteiger partial charge is 0.481 e. The average molecular weight is 540 g/mol. The average Bonchev–Trinajstić information content (AvgIpc) is 3.46. The third kappa shape index (κ3) is 3.57. The van der Waals surface area contributed by atoms with Crippen LogP contribution in [0.2, 0.25) is 0 Å². The van der Waals surface area contributed by atoms with E-state index >= 15 is 4.39 Å². The van der Waals surface area contributed by atoms with Crippen molar-refractivity contribution >= 4 is 10.9 Å². The van der Waals surface area contributed by atoms with E-state index in [0.717, 1.165) is 53.4 Å². The molecule has 2 fully saturated rings. The second-order valence-corrected chi connectivity index (χ2v) is 12.1. The van der Waals surface area contributed by atoms with E-state index in [1.807, 2.05) is 42.5 Å². The third-order valence-electron chi connectivity index (χ3n) is 9.85. The number of rotatable bonds is 3. The number of nitrogens with zero attached hydrogens (tertiary/aromatic N) is 3. The Bertz CT molecular complexity index is 1630. The molecular weight excluding hydrogens is 505 g/mol. The smallest absolute Gasteiger partial charge is 0.214 e. The van der Waals surface area contributed by atoms with Crippen LogP contribution in [-0.4, -0.2) is 41.1 Å². The molecule has 2 aromatic carbocycles. The van der Waals surface area contributed by atoms with Crippen molar-refractivity contribution in [2.75, 3.05) is 20.3 Å². The highest BCUT2D eigenvalue weighted by Crippen LogP contribution is 2.62. The van der Waals surface area contributed by atoms with Crippen molar-refractivity contribution in [1.29, 1.82) is 0 Å². The number of hydrogen-bond donors (Lipinski definition) is 0. The standard InChI is InChI=1S/C33H34FN3O3/c1-31(2)26-14-13-22-28(21-10-5-7-11-24(21)34)36-30(23-19-27(38-4)35-25-12-8-6-9-20(23)25)37-29(22)32(26,3)15-16-33(31)39-17-18-40-33/h5-12,19,26H,13-18H2,1-4H3/t26-,32-/m1/s1. The molecule has 0 radical (unpaired) electrons. The Kier molecular flexibility index (Phi) is 5.78. The molecule has 4 aromatic rings. The van der Waals surface area contributed by atoms with Crippen LogP contribution in [0, 0.1) is 17.2 Å². The predicted octanol–water partition coefficient (Wildman–Crippen LogP) is 6.89. The van der Waals surface area contributed by atoms with Crippen LogP contribution in [0.15, 0.2) is 54.6 Å². The van der Waals surface area contributed by atoms with Gasteiger partial charge in [0.15, 0.2) is 11.6 Å². The van der Waals surface area contributed by atoms with Gasteiger partial charge < -0.3 is 14.2 Å². The van der Waals surface area contributed by atoms with Gasteiger partial charge in [0.1, 0.15) is 5.82 Å². The van der Waals surface area contributed by atoms with Gasteiger partial charge in [0, 0.05) is 45.4 Å². The summed E-state index contributed by atoms with van der Waals surface area (Å²) in [5.74, 6) is 0.451. The van der Waals surface area contributed by atoms with E-state index in [0.29, 0.717) is 36.2 Å². The molecule has 1 spiro atoms. The van der Waals surface area contributed by atoms with Gasteiger partial charge >= 0.3 is 0 Å². The molecule has 1 saturated heterocycles. The normalized spacial score (nSPS) is 24.6. The fourth-order valence-corrected chi connectivity index (χ4v) is 7.84. The van der Waals surface area contributed by atoms with E-state index in [1.54, 1.807) is 13.2 Å². The molecule has 0 bridgehead atoms. The summed E-state index contributed by atoms with van der Waals surface area (Å²) in [6.07, 6.45) is 3.34. The van der Waals surface area contributed by atoms with Gasteiger partial charge in [0.05, 0.1) is 37.2 Å². The number of fused-ring (bicyclic) bond motifs is 4. The first-order valence-electron chi connectivity index (χ1n) is 14.2. The Morgan fingerprint density at radius 2 is 1.65 bits per heavy atom. The predicted molar refractivity (Wildman–Crippen MR) is 152 cm³/mol. The molecule has 0 amide bonds. The zero-order valence-electron chi connectivity index (χ0n) is 23.5. The van der Waals surface area contributed by atoms with Crippen LogP contribution in [0.4, 0.5) is 4.39 Å². The summed E-state index contributed by atoms with van der Waals surface area (Å²) in [4.78, 5) is 15.1. The first-order chi connectivity index (χ1) is 19.3. The molecule has 1 aliphatic heterocycles. The summed E-state index contributed by atoms with van der Waals surface area (Å²) in [5.41, 5.74) is 4.35. The van der Waals surface area contributed by atoms with E-state index in [2.05, 4.69) is 25.8 Å². The monoisotopic (exact) mass is 539 g/mol. The van der Waals surface area contributed by atoms with Gasteiger partial charge in [-0.2, -0.15) is 0 Å². The Balaban J connectivity index is 1.49. The highest BCUT2D eigenvalue weighted by Gasteiger charge is 2.63. The number of ether oxygens (including phenoxy) is 3. The Morgan fingerprint density at radius 3 is 2.42 bits per heavy atom. The quantitative estimate of drug-likeness (QED) is 0.282. The fraction of sp³-hybridized carbons (Fsp3) is 0.424. The molecule has 3 heterocycles. The van der Waals surface area contributed by atoms with Gasteiger partial charge in [-0.1, -0.05) is 51.1 Å². The first kappa shape index (κ1) is 25.5. The fourth-order valence-electron chi connectivity index (χ4n) is 7.84. The van der Waals surface area contributed by atoms with Crippen LogP contribution in [0.5, 0.6) is 5.88 Å². The number of halogens is 1. The summed E-state index contributed by atoms with van der Waals surface area (Å²) in [6.45, 7) is 8.15. The lowest BCUT2D eigenvalue weighted by molar-refractivity contribution is -0.276. The van der Waals surface area contributed by atoms with E-state index in [-0.39, 0.29) is 22.6 Å². The van der Waals surface area contributed by atoms with E-state index in [4.69, 9.17) is 24.2 Å². The Hall–Kier alpha value is -3.42. The Labute approximate surface area is 233 Å². The van der Waals surface area contributed by atoms with Crippen LogP contribution in [-0.2, 0) is 21.3 Å². The van der Waals surface area contributed by atoms with Gasteiger partial charge in [-0.3, -0.25) is 0 Å². The summed E-state index contributed by atoms with van der Waals surface area (Å²) in [7, 11) is 1.61. The summed E-state index contributed by atoms with van der Waals surface area (Å²) >= 11 is 0. The molecule has 2 atom stereocenters. The van der Waals surface area contributed by atoms with Crippen LogP contribution < -0.4 is 4.74 Å². The second-order valence-electron chi connectivity index (χ2n) is 12.1. The Morgan fingerprint density at radius 1 is 0.900 bits per heavy atom. The highest BCUT2D eigenvalue weighted by molar-refractivity contribution is 5.93. The maximum atomic E-state index is 15.4. The van der Waals surface area contributed by atoms with Crippen LogP contribution in [0.1, 0.15) is 51.3 Å². The third-order valence-corrected chi connectivity index (χ3v) is 9.85. The van der Waals surface area contributed by atoms with Gasteiger partial charge in [0.25, 0.3) is 0 Å². The van der Waals surface area contributed by atoms with Crippen LogP contribution in [0.3, 0.4) is 0 Å². The molecule has 0 unspecified atom stereocenters. The van der Waals surface area contributed by atoms with Gasteiger partial charge in [0.2, 0.25) is 5.88 Å².